The van der Waals surface area contributed by atoms with Gasteiger partial charge in [-0.25, -0.2) is 0 Å². The van der Waals surface area contributed by atoms with Gasteiger partial charge in [0.15, 0.2) is 0 Å². The maximum atomic E-state index is 12.5. The molecule has 1 aromatic carbocycles. The van der Waals surface area contributed by atoms with Gasteiger partial charge in [0.25, 0.3) is 5.56 Å². The molecule has 1 aromatic heterocycles. The van der Waals surface area contributed by atoms with Crippen LogP contribution < -0.4 is 10.9 Å². The summed E-state index contributed by atoms with van der Waals surface area (Å²) >= 11 is 0. The molecular weight excluding hydrogens is 326 g/mol. The predicted octanol–water partition coefficient (Wildman–Crippen LogP) is 3.73. The minimum absolute atomic E-state index is 0.0718. The Hall–Kier alpha value is -2.87. The summed E-state index contributed by atoms with van der Waals surface area (Å²) in [6.07, 6.45) is 0.740. The Kier molecular flexibility index (Phi) is 5.66. The number of anilines is 1. The van der Waals surface area contributed by atoms with E-state index in [1.165, 1.54) is 0 Å². The Morgan fingerprint density at radius 2 is 1.88 bits per heavy atom. The van der Waals surface area contributed by atoms with Gasteiger partial charge < -0.3 is 10.3 Å². The van der Waals surface area contributed by atoms with Crippen LogP contribution in [0.3, 0.4) is 0 Å². The second-order valence-electron chi connectivity index (χ2n) is 7.51. The van der Waals surface area contributed by atoms with E-state index >= 15 is 0 Å². The third-order valence-corrected chi connectivity index (χ3v) is 4.53. The zero-order valence-electron chi connectivity index (χ0n) is 16.0. The van der Waals surface area contributed by atoms with Gasteiger partial charge in [0.1, 0.15) is 11.6 Å². The fourth-order valence-corrected chi connectivity index (χ4v) is 3.12. The highest BCUT2D eigenvalue weighted by Crippen LogP contribution is 2.29. The largest absolute Gasteiger partial charge is 0.326 e. The molecule has 136 valence electrons. The van der Waals surface area contributed by atoms with Gasteiger partial charge in [0, 0.05) is 17.8 Å². The number of aryl methyl sites for hydroxylation is 1. The molecule has 0 atom stereocenters. The second-order valence-corrected chi connectivity index (χ2v) is 7.51. The molecule has 26 heavy (non-hydrogen) atoms. The van der Waals surface area contributed by atoms with Crippen LogP contribution in [0.2, 0.25) is 0 Å². The number of H-pyrrole nitrogens is 1. The molecule has 0 unspecified atom stereocenters. The van der Waals surface area contributed by atoms with Gasteiger partial charge in [0.05, 0.1) is 0 Å². The quantitative estimate of drug-likeness (QED) is 0.880. The number of pyridine rings is 1. The Balaban J connectivity index is 2.17. The third kappa shape index (κ3) is 4.20. The summed E-state index contributed by atoms with van der Waals surface area (Å²) in [4.78, 5) is 27.0. The van der Waals surface area contributed by atoms with Crippen LogP contribution in [0.4, 0.5) is 5.69 Å². The van der Waals surface area contributed by atoms with E-state index in [0.717, 1.165) is 16.8 Å². The topological polar surface area (TPSA) is 85.8 Å². The zero-order chi connectivity index (χ0) is 19.5. The van der Waals surface area contributed by atoms with E-state index in [0.29, 0.717) is 17.7 Å². The molecule has 0 saturated carbocycles. The lowest BCUT2D eigenvalue weighted by atomic mass is 9.86. The molecule has 1 amide bonds. The third-order valence-electron chi connectivity index (χ3n) is 4.53. The lowest BCUT2D eigenvalue weighted by Crippen LogP contribution is -2.20. The fraction of sp³-hybridized carbons (Fsp3) is 0.381. The molecule has 2 N–H and O–H groups in total. The number of nitrogens with one attached hydrogen (secondary N) is 2. The van der Waals surface area contributed by atoms with Crippen LogP contribution in [0.1, 0.15) is 55.1 Å². The lowest BCUT2D eigenvalue weighted by molar-refractivity contribution is -0.116. The van der Waals surface area contributed by atoms with Crippen LogP contribution in [0.25, 0.3) is 0 Å². The molecule has 2 aromatic rings. The number of nitriles is 1. The van der Waals surface area contributed by atoms with Crippen molar-refractivity contribution in [3.8, 4) is 6.07 Å². The van der Waals surface area contributed by atoms with Gasteiger partial charge in [-0.15, -0.1) is 0 Å². The number of aromatic nitrogens is 1. The Labute approximate surface area is 154 Å². The molecule has 0 bridgehead atoms. The van der Waals surface area contributed by atoms with E-state index in [4.69, 9.17) is 5.26 Å². The molecular formula is C21H25N3O2. The zero-order valence-corrected chi connectivity index (χ0v) is 16.0. The van der Waals surface area contributed by atoms with Crippen molar-refractivity contribution in [2.24, 2.45) is 0 Å². The number of carbonyl (C=O) groups is 1. The van der Waals surface area contributed by atoms with Gasteiger partial charge in [-0.1, -0.05) is 39.0 Å². The number of hydrogen-bond acceptors (Lipinski definition) is 3. The highest BCUT2D eigenvalue weighted by atomic mass is 16.1. The van der Waals surface area contributed by atoms with E-state index in [1.807, 2.05) is 30.3 Å². The van der Waals surface area contributed by atoms with E-state index in [9.17, 15) is 9.59 Å². The SMILES string of the molecule is Cc1[nH]c(=O)c(C#N)c(C)c1CCC(=O)Nc1ccccc1C(C)(C)C. The molecule has 0 spiro atoms. The molecule has 5 nitrogen and oxygen atoms in total. The average Bonchev–Trinajstić information content (AvgIpc) is 2.54. The summed E-state index contributed by atoms with van der Waals surface area (Å²) in [6.45, 7) is 9.86. The van der Waals surface area contributed by atoms with Gasteiger partial charge in [0.2, 0.25) is 5.91 Å². The Morgan fingerprint density at radius 3 is 2.50 bits per heavy atom. The van der Waals surface area contributed by atoms with Crippen molar-refractivity contribution in [1.82, 2.24) is 4.98 Å². The van der Waals surface area contributed by atoms with Crippen molar-refractivity contribution < 1.29 is 4.79 Å². The van der Waals surface area contributed by atoms with Gasteiger partial charge in [-0.05, 0) is 48.4 Å². The number of aromatic amines is 1. The second kappa shape index (κ2) is 7.57. The Morgan fingerprint density at radius 1 is 1.23 bits per heavy atom. The smallest absolute Gasteiger partial charge is 0.266 e. The van der Waals surface area contributed by atoms with E-state index in [-0.39, 0.29) is 28.9 Å². The summed E-state index contributed by atoms with van der Waals surface area (Å²) in [5, 5.41) is 12.1. The normalized spacial score (nSPS) is 11.1. The molecule has 0 aliphatic carbocycles. The minimum Gasteiger partial charge on any atom is -0.326 e. The molecule has 5 heteroatoms. The van der Waals surface area contributed by atoms with Crippen molar-refractivity contribution in [3.05, 3.63) is 62.6 Å². The maximum absolute atomic E-state index is 12.5. The van der Waals surface area contributed by atoms with Crippen molar-refractivity contribution in [1.29, 1.82) is 5.26 Å². The van der Waals surface area contributed by atoms with Crippen LogP contribution in [0.15, 0.2) is 29.1 Å². The molecule has 0 fully saturated rings. The number of carbonyl (C=O) groups excluding carboxylic acids is 1. The summed E-state index contributed by atoms with van der Waals surface area (Å²) in [6, 6.07) is 9.73. The number of rotatable bonds is 4. The van der Waals surface area contributed by atoms with Crippen molar-refractivity contribution in [3.63, 3.8) is 0 Å². The fourth-order valence-electron chi connectivity index (χ4n) is 3.12. The van der Waals surface area contributed by atoms with E-state index < -0.39 is 0 Å². The molecule has 0 radical (unpaired) electrons. The number of para-hydroxylation sites is 1. The van der Waals surface area contributed by atoms with Gasteiger partial charge in [-0.2, -0.15) is 5.26 Å². The first-order valence-electron chi connectivity index (χ1n) is 8.67. The first-order chi connectivity index (χ1) is 12.1. The highest BCUT2D eigenvalue weighted by molar-refractivity contribution is 5.91. The predicted molar refractivity (Wildman–Crippen MR) is 103 cm³/mol. The molecule has 0 saturated heterocycles. The highest BCUT2D eigenvalue weighted by Gasteiger charge is 2.19. The van der Waals surface area contributed by atoms with E-state index in [2.05, 4.69) is 31.1 Å². The molecule has 2 rings (SSSR count). The van der Waals surface area contributed by atoms with Crippen LogP contribution in [-0.2, 0) is 16.6 Å². The minimum atomic E-state index is -0.380. The van der Waals surface area contributed by atoms with E-state index in [1.54, 1.807) is 13.8 Å². The average molecular weight is 351 g/mol. The van der Waals surface area contributed by atoms with Crippen molar-refractivity contribution in [2.45, 2.75) is 52.9 Å². The maximum Gasteiger partial charge on any atom is 0.266 e. The molecule has 1 heterocycles. The van der Waals surface area contributed by atoms with Gasteiger partial charge >= 0.3 is 0 Å². The van der Waals surface area contributed by atoms with Crippen LogP contribution in [0, 0.1) is 25.2 Å². The summed E-state index contributed by atoms with van der Waals surface area (Å²) in [5.74, 6) is -0.0924. The summed E-state index contributed by atoms with van der Waals surface area (Å²) in [7, 11) is 0. The first kappa shape index (κ1) is 19.5. The van der Waals surface area contributed by atoms with Crippen LogP contribution in [-0.4, -0.2) is 10.9 Å². The first-order valence-corrected chi connectivity index (χ1v) is 8.67. The number of hydrogen-bond donors (Lipinski definition) is 2. The number of nitrogens with zero attached hydrogens (tertiary/aromatic N) is 1. The number of benzene rings is 1. The van der Waals surface area contributed by atoms with Crippen LogP contribution >= 0.6 is 0 Å². The number of amides is 1. The molecule has 0 aliphatic heterocycles. The van der Waals surface area contributed by atoms with Crippen LogP contribution in [0.5, 0.6) is 0 Å². The van der Waals surface area contributed by atoms with Crippen molar-refractivity contribution in [2.75, 3.05) is 5.32 Å². The summed E-state index contributed by atoms with van der Waals surface area (Å²) < 4.78 is 0. The monoisotopic (exact) mass is 351 g/mol. The van der Waals surface area contributed by atoms with Gasteiger partial charge in [-0.3, -0.25) is 9.59 Å². The standard InChI is InChI=1S/C21H25N3O2/c1-13-15(14(2)23-20(26)16(13)12-22)10-11-19(25)24-18-9-7-6-8-17(18)21(3,4)5/h6-9H,10-11H2,1-5H3,(H,23,26)(H,24,25). The summed E-state index contributed by atoms with van der Waals surface area (Å²) in [5.41, 5.74) is 3.76. The van der Waals surface area contributed by atoms with Crippen molar-refractivity contribution >= 4 is 11.6 Å². The Bertz CT molecular complexity index is 928. The molecule has 0 aliphatic rings. The lowest BCUT2D eigenvalue weighted by Gasteiger charge is -2.23.